The van der Waals surface area contributed by atoms with Gasteiger partial charge in [0.15, 0.2) is 0 Å². The van der Waals surface area contributed by atoms with Gasteiger partial charge in [-0.25, -0.2) is 0 Å². The molecule has 0 spiro atoms. The Balaban J connectivity index is 2.20. The Morgan fingerprint density at radius 3 is 2.67 bits per heavy atom. The average Bonchev–Trinajstić information content (AvgIpc) is 2.05. The zero-order valence-corrected chi connectivity index (χ0v) is 7.18. The van der Waals surface area contributed by atoms with Crippen molar-refractivity contribution in [3.63, 3.8) is 0 Å². The van der Waals surface area contributed by atoms with E-state index in [9.17, 15) is 4.79 Å². The number of carbonyl (C=O) groups excluding carboxylic acids is 1. The molecule has 0 aromatic rings. The molecule has 1 aliphatic carbocycles. The van der Waals surface area contributed by atoms with Crippen molar-refractivity contribution in [2.45, 2.75) is 32.1 Å². The lowest BCUT2D eigenvalue weighted by Gasteiger charge is -2.11. The number of hydrogen-bond donors (Lipinski definition) is 2. The molecule has 0 bridgehead atoms. The third-order valence-corrected chi connectivity index (χ3v) is 1.92. The van der Waals surface area contributed by atoms with Gasteiger partial charge >= 0.3 is 0 Å². The van der Waals surface area contributed by atoms with Crippen LogP contribution in [0.4, 0.5) is 0 Å². The lowest BCUT2D eigenvalue weighted by Crippen LogP contribution is -2.26. The minimum absolute atomic E-state index is 0.142. The Hall–Kier alpha value is -1.06. The molecule has 0 atom stereocenters. The van der Waals surface area contributed by atoms with Crippen LogP contribution in [0.3, 0.4) is 0 Å². The van der Waals surface area contributed by atoms with E-state index in [4.69, 9.17) is 5.73 Å². The average molecular weight is 169 g/mol. The summed E-state index contributed by atoms with van der Waals surface area (Å²) in [6, 6.07) is 0. The maximum Gasteiger partial charge on any atom is 0.238 e. The number of carbonyl (C=O) groups is 1. The van der Waals surface area contributed by atoms with Gasteiger partial charge in [0.25, 0.3) is 0 Å². The molecule has 0 saturated heterocycles. The largest absolute Gasteiger partial charge is 0.368 e. The molecular weight excluding hydrogens is 154 g/mol. The maximum atomic E-state index is 10.3. The van der Waals surface area contributed by atoms with E-state index in [0.717, 1.165) is 12.8 Å². The van der Waals surface area contributed by atoms with Crippen molar-refractivity contribution < 1.29 is 4.79 Å². The SMILES string of the molecule is NC(=O)CNN=C1CCCCC1. The molecule has 0 aromatic heterocycles. The van der Waals surface area contributed by atoms with Crippen molar-refractivity contribution in [3.8, 4) is 0 Å². The van der Waals surface area contributed by atoms with Crippen molar-refractivity contribution in [1.29, 1.82) is 0 Å². The van der Waals surface area contributed by atoms with E-state index in [-0.39, 0.29) is 12.5 Å². The van der Waals surface area contributed by atoms with Crippen molar-refractivity contribution in [2.24, 2.45) is 10.8 Å². The van der Waals surface area contributed by atoms with Crippen molar-refractivity contribution in [2.75, 3.05) is 6.54 Å². The second-order valence-electron chi connectivity index (χ2n) is 3.04. The van der Waals surface area contributed by atoms with Crippen LogP contribution in [0.2, 0.25) is 0 Å². The Morgan fingerprint density at radius 2 is 2.08 bits per heavy atom. The van der Waals surface area contributed by atoms with Crippen LogP contribution in [0.25, 0.3) is 0 Å². The third-order valence-electron chi connectivity index (χ3n) is 1.92. The summed E-state index contributed by atoms with van der Waals surface area (Å²) in [5.74, 6) is -0.366. The molecule has 1 fully saturated rings. The fourth-order valence-electron chi connectivity index (χ4n) is 1.30. The Morgan fingerprint density at radius 1 is 1.42 bits per heavy atom. The number of hydrogen-bond acceptors (Lipinski definition) is 3. The fraction of sp³-hybridized carbons (Fsp3) is 0.750. The van der Waals surface area contributed by atoms with Gasteiger partial charge in [-0.15, -0.1) is 0 Å². The molecule has 12 heavy (non-hydrogen) atoms. The van der Waals surface area contributed by atoms with Crippen LogP contribution >= 0.6 is 0 Å². The minimum Gasteiger partial charge on any atom is -0.368 e. The predicted molar refractivity (Wildman–Crippen MR) is 47.7 cm³/mol. The first-order valence-electron chi connectivity index (χ1n) is 4.35. The highest BCUT2D eigenvalue weighted by molar-refractivity contribution is 5.85. The Bertz CT molecular complexity index is 181. The van der Waals surface area contributed by atoms with Gasteiger partial charge in [0.1, 0.15) is 6.54 Å². The molecule has 1 aliphatic rings. The molecule has 0 aliphatic heterocycles. The van der Waals surface area contributed by atoms with Gasteiger partial charge < -0.3 is 11.2 Å². The summed E-state index contributed by atoms with van der Waals surface area (Å²) in [4.78, 5) is 10.3. The van der Waals surface area contributed by atoms with Crippen molar-refractivity contribution in [3.05, 3.63) is 0 Å². The number of primary amides is 1. The summed E-state index contributed by atoms with van der Waals surface area (Å²) in [7, 11) is 0. The van der Waals surface area contributed by atoms with Crippen molar-refractivity contribution in [1.82, 2.24) is 5.43 Å². The molecule has 0 radical (unpaired) electrons. The minimum atomic E-state index is -0.366. The zero-order chi connectivity index (χ0) is 8.81. The molecular formula is C8H15N3O. The van der Waals surface area contributed by atoms with Gasteiger partial charge in [0, 0.05) is 5.71 Å². The highest BCUT2D eigenvalue weighted by atomic mass is 16.1. The van der Waals surface area contributed by atoms with Gasteiger partial charge in [-0.2, -0.15) is 5.10 Å². The van der Waals surface area contributed by atoms with Crippen LogP contribution in [0.1, 0.15) is 32.1 Å². The fourth-order valence-corrected chi connectivity index (χ4v) is 1.30. The van der Waals surface area contributed by atoms with Gasteiger partial charge in [-0.1, -0.05) is 6.42 Å². The highest BCUT2D eigenvalue weighted by Crippen LogP contribution is 2.13. The summed E-state index contributed by atoms with van der Waals surface area (Å²) in [5, 5.41) is 4.09. The third kappa shape index (κ3) is 3.37. The molecule has 1 rings (SSSR count). The molecule has 0 unspecified atom stereocenters. The zero-order valence-electron chi connectivity index (χ0n) is 7.18. The molecule has 1 saturated carbocycles. The first-order valence-corrected chi connectivity index (χ1v) is 4.35. The number of amides is 1. The van der Waals surface area contributed by atoms with E-state index in [0.29, 0.717) is 0 Å². The lowest BCUT2D eigenvalue weighted by atomic mass is 9.99. The molecule has 68 valence electrons. The molecule has 1 amide bonds. The number of nitrogens with two attached hydrogens (primary N) is 1. The molecule has 3 N–H and O–H groups in total. The van der Waals surface area contributed by atoms with Crippen LogP contribution < -0.4 is 11.2 Å². The van der Waals surface area contributed by atoms with E-state index in [1.807, 2.05) is 0 Å². The number of hydrazone groups is 1. The summed E-state index contributed by atoms with van der Waals surface area (Å²) in [6.07, 6.45) is 5.86. The van der Waals surface area contributed by atoms with Crippen molar-refractivity contribution >= 4 is 11.6 Å². The monoisotopic (exact) mass is 169 g/mol. The topological polar surface area (TPSA) is 67.5 Å². The lowest BCUT2D eigenvalue weighted by molar-refractivity contribution is -0.117. The number of nitrogens with one attached hydrogen (secondary N) is 1. The van der Waals surface area contributed by atoms with Crippen LogP contribution in [-0.4, -0.2) is 18.2 Å². The summed E-state index contributed by atoms with van der Waals surface area (Å²) in [5.41, 5.74) is 8.77. The maximum absolute atomic E-state index is 10.3. The molecule has 0 heterocycles. The normalized spacial score (nSPS) is 17.2. The molecule has 4 heteroatoms. The van der Waals surface area contributed by atoms with E-state index in [2.05, 4.69) is 10.5 Å². The van der Waals surface area contributed by atoms with Crippen LogP contribution in [0, 0.1) is 0 Å². The second kappa shape index (κ2) is 4.74. The van der Waals surface area contributed by atoms with Crippen LogP contribution in [-0.2, 0) is 4.79 Å². The van der Waals surface area contributed by atoms with E-state index in [1.165, 1.54) is 25.0 Å². The van der Waals surface area contributed by atoms with Crippen LogP contribution in [0.5, 0.6) is 0 Å². The highest BCUT2D eigenvalue weighted by Gasteiger charge is 2.05. The van der Waals surface area contributed by atoms with E-state index >= 15 is 0 Å². The predicted octanol–water partition coefficient (Wildman–Crippen LogP) is 0.381. The number of rotatable bonds is 3. The molecule has 0 aromatic carbocycles. The van der Waals surface area contributed by atoms with Gasteiger partial charge in [0.2, 0.25) is 5.91 Å². The quantitative estimate of drug-likeness (QED) is 0.600. The first-order chi connectivity index (χ1) is 5.79. The first kappa shape index (κ1) is 9.03. The standard InChI is InChI=1S/C8H15N3O/c9-8(12)6-10-11-7-4-2-1-3-5-7/h10H,1-6H2,(H2,9,12). The van der Waals surface area contributed by atoms with Gasteiger partial charge in [-0.3, -0.25) is 4.79 Å². The second-order valence-corrected chi connectivity index (χ2v) is 3.04. The summed E-state index contributed by atoms with van der Waals surface area (Å²) < 4.78 is 0. The van der Waals surface area contributed by atoms with Crippen LogP contribution in [0.15, 0.2) is 5.10 Å². The van der Waals surface area contributed by atoms with E-state index in [1.54, 1.807) is 0 Å². The van der Waals surface area contributed by atoms with E-state index < -0.39 is 0 Å². The van der Waals surface area contributed by atoms with Gasteiger partial charge in [0.05, 0.1) is 0 Å². The Labute approximate surface area is 72.2 Å². The summed E-state index contributed by atoms with van der Waals surface area (Å²) in [6.45, 7) is 0.142. The summed E-state index contributed by atoms with van der Waals surface area (Å²) >= 11 is 0. The smallest absolute Gasteiger partial charge is 0.238 e. The Kier molecular flexibility index (Phi) is 3.57. The molecule has 4 nitrogen and oxygen atoms in total. The van der Waals surface area contributed by atoms with Gasteiger partial charge in [-0.05, 0) is 25.7 Å². The number of nitrogens with zero attached hydrogens (tertiary/aromatic N) is 1.